The SMILES string of the molecule is O=C(NC1CCOc2ccccc21)C1CN(CC(F)(F)F)C(=O)C1=O. The smallest absolute Gasteiger partial charge is 0.406 e. The fourth-order valence-corrected chi connectivity index (χ4v) is 3.01. The molecule has 2 heterocycles. The first kappa shape index (κ1) is 17.2. The number of Topliss-reactive ketones (excluding diaryl/α,β-unsaturated/α-hetero) is 1. The number of hydrogen-bond acceptors (Lipinski definition) is 4. The molecular weight excluding hydrogens is 341 g/mol. The van der Waals surface area contributed by atoms with Gasteiger partial charge < -0.3 is 15.0 Å². The zero-order valence-corrected chi connectivity index (χ0v) is 13.0. The second-order valence-corrected chi connectivity index (χ2v) is 5.95. The second kappa shape index (κ2) is 6.38. The topological polar surface area (TPSA) is 75.7 Å². The summed E-state index contributed by atoms with van der Waals surface area (Å²) in [4.78, 5) is 36.3. The van der Waals surface area contributed by atoms with Crippen LogP contribution in [0.4, 0.5) is 13.2 Å². The maximum atomic E-state index is 12.5. The van der Waals surface area contributed by atoms with E-state index in [0.29, 0.717) is 23.7 Å². The summed E-state index contributed by atoms with van der Waals surface area (Å²) in [5, 5.41) is 2.65. The van der Waals surface area contributed by atoms with E-state index in [0.717, 1.165) is 5.56 Å². The first-order valence-corrected chi connectivity index (χ1v) is 7.68. The van der Waals surface area contributed by atoms with Gasteiger partial charge in [0.05, 0.1) is 12.6 Å². The van der Waals surface area contributed by atoms with Gasteiger partial charge in [-0.25, -0.2) is 0 Å². The van der Waals surface area contributed by atoms with Gasteiger partial charge in [0.25, 0.3) is 5.91 Å². The van der Waals surface area contributed by atoms with Crippen molar-refractivity contribution in [3.05, 3.63) is 29.8 Å². The average molecular weight is 356 g/mol. The molecule has 2 unspecified atom stereocenters. The van der Waals surface area contributed by atoms with Crippen molar-refractivity contribution in [2.45, 2.75) is 18.6 Å². The minimum atomic E-state index is -4.62. The Kier molecular flexibility index (Phi) is 4.40. The molecule has 0 radical (unpaired) electrons. The second-order valence-electron chi connectivity index (χ2n) is 5.95. The molecule has 1 saturated heterocycles. The minimum absolute atomic E-state index is 0.361. The van der Waals surface area contributed by atoms with Crippen molar-refractivity contribution < 1.29 is 32.3 Å². The summed E-state index contributed by atoms with van der Waals surface area (Å²) < 4.78 is 42.8. The highest BCUT2D eigenvalue weighted by molar-refractivity contribution is 6.42. The number of rotatable bonds is 3. The molecule has 0 aromatic heterocycles. The van der Waals surface area contributed by atoms with Gasteiger partial charge in [-0.15, -0.1) is 0 Å². The summed E-state index contributed by atoms with van der Waals surface area (Å²) in [5.74, 6) is -3.95. The molecule has 2 atom stereocenters. The van der Waals surface area contributed by atoms with Crippen LogP contribution in [0.5, 0.6) is 5.75 Å². The van der Waals surface area contributed by atoms with E-state index in [-0.39, 0.29) is 0 Å². The van der Waals surface area contributed by atoms with Crippen LogP contribution in [0.15, 0.2) is 24.3 Å². The van der Waals surface area contributed by atoms with Gasteiger partial charge in [-0.1, -0.05) is 18.2 Å². The third-order valence-electron chi connectivity index (χ3n) is 4.18. The molecule has 6 nitrogen and oxygen atoms in total. The van der Waals surface area contributed by atoms with Crippen LogP contribution < -0.4 is 10.1 Å². The lowest BCUT2D eigenvalue weighted by Crippen LogP contribution is -2.39. The number of halogens is 3. The van der Waals surface area contributed by atoms with E-state index in [1.807, 2.05) is 0 Å². The van der Waals surface area contributed by atoms with Crippen LogP contribution in [0.1, 0.15) is 18.0 Å². The van der Waals surface area contributed by atoms with Crippen LogP contribution in [-0.2, 0) is 14.4 Å². The molecule has 0 aliphatic carbocycles. The lowest BCUT2D eigenvalue weighted by Gasteiger charge is -2.27. The van der Waals surface area contributed by atoms with E-state index in [1.165, 1.54) is 0 Å². The molecule has 1 fully saturated rings. The predicted molar refractivity (Wildman–Crippen MR) is 78.6 cm³/mol. The summed E-state index contributed by atoms with van der Waals surface area (Å²) in [7, 11) is 0. The number of likely N-dealkylation sites (tertiary alicyclic amines) is 1. The molecule has 0 spiro atoms. The molecule has 25 heavy (non-hydrogen) atoms. The highest BCUT2D eigenvalue weighted by atomic mass is 19.4. The molecule has 1 aromatic rings. The zero-order chi connectivity index (χ0) is 18.2. The van der Waals surface area contributed by atoms with Crippen molar-refractivity contribution in [2.75, 3.05) is 19.7 Å². The third kappa shape index (κ3) is 3.59. The normalized spacial score (nSPS) is 23.2. The van der Waals surface area contributed by atoms with Crippen molar-refractivity contribution in [1.82, 2.24) is 10.2 Å². The number of carbonyl (C=O) groups is 3. The standard InChI is InChI=1S/C16H15F3N2O4/c17-16(18,19)8-21-7-10(13(22)15(21)24)14(23)20-11-5-6-25-12-4-2-1-3-9(11)12/h1-4,10-11H,5-8H2,(H,20,23). The highest BCUT2D eigenvalue weighted by Crippen LogP contribution is 2.32. The van der Waals surface area contributed by atoms with Gasteiger partial charge in [0.2, 0.25) is 11.7 Å². The Morgan fingerprint density at radius 3 is 2.72 bits per heavy atom. The molecule has 2 amide bonds. The average Bonchev–Trinajstić information content (AvgIpc) is 2.82. The molecule has 3 rings (SSSR count). The summed E-state index contributed by atoms with van der Waals surface area (Å²) in [6, 6.07) is 6.62. The molecule has 1 aromatic carbocycles. The van der Waals surface area contributed by atoms with E-state index < -0.39 is 48.8 Å². The van der Waals surface area contributed by atoms with Gasteiger partial charge in [-0.2, -0.15) is 13.2 Å². The van der Waals surface area contributed by atoms with Crippen LogP contribution in [0.2, 0.25) is 0 Å². The van der Waals surface area contributed by atoms with Crippen LogP contribution >= 0.6 is 0 Å². The van der Waals surface area contributed by atoms with Crippen LogP contribution in [0, 0.1) is 5.92 Å². The van der Waals surface area contributed by atoms with E-state index in [4.69, 9.17) is 4.74 Å². The molecular formula is C16H15F3N2O4. The van der Waals surface area contributed by atoms with E-state index >= 15 is 0 Å². The molecule has 9 heteroatoms. The van der Waals surface area contributed by atoms with E-state index in [1.54, 1.807) is 24.3 Å². The number of nitrogens with zero attached hydrogens (tertiary/aromatic N) is 1. The van der Waals surface area contributed by atoms with Gasteiger partial charge >= 0.3 is 6.18 Å². The molecule has 0 bridgehead atoms. The fourth-order valence-electron chi connectivity index (χ4n) is 3.01. The van der Waals surface area contributed by atoms with Crippen molar-refractivity contribution in [3.63, 3.8) is 0 Å². The highest BCUT2D eigenvalue weighted by Gasteiger charge is 2.47. The van der Waals surface area contributed by atoms with Gasteiger partial charge in [-0.3, -0.25) is 14.4 Å². The minimum Gasteiger partial charge on any atom is -0.493 e. The quantitative estimate of drug-likeness (QED) is 0.653. The number of amides is 2. The van der Waals surface area contributed by atoms with Crippen molar-refractivity contribution >= 4 is 17.6 Å². The fraction of sp³-hybridized carbons (Fsp3) is 0.438. The zero-order valence-electron chi connectivity index (χ0n) is 13.0. The number of ketones is 1. The molecule has 1 N–H and O–H groups in total. The number of carbonyl (C=O) groups excluding carboxylic acids is 3. The molecule has 0 saturated carbocycles. The Hall–Kier alpha value is -2.58. The van der Waals surface area contributed by atoms with Crippen molar-refractivity contribution in [1.29, 1.82) is 0 Å². The molecule has 134 valence electrons. The maximum absolute atomic E-state index is 12.5. The molecule has 2 aliphatic rings. The van der Waals surface area contributed by atoms with Crippen LogP contribution in [-0.4, -0.2) is 48.4 Å². The first-order chi connectivity index (χ1) is 11.8. The number of ether oxygens (including phenoxy) is 1. The summed E-state index contributed by atoms with van der Waals surface area (Å²) in [5.41, 5.74) is 0.728. The lowest BCUT2D eigenvalue weighted by atomic mass is 9.99. The Morgan fingerprint density at radius 2 is 2.00 bits per heavy atom. The number of nitrogens with one attached hydrogen (secondary N) is 1. The lowest BCUT2D eigenvalue weighted by molar-refractivity contribution is -0.159. The summed E-state index contributed by atoms with van der Waals surface area (Å²) >= 11 is 0. The maximum Gasteiger partial charge on any atom is 0.406 e. The van der Waals surface area contributed by atoms with Crippen LogP contribution in [0.3, 0.4) is 0 Å². The number of alkyl halides is 3. The largest absolute Gasteiger partial charge is 0.493 e. The number of benzene rings is 1. The van der Waals surface area contributed by atoms with Crippen molar-refractivity contribution in [3.8, 4) is 5.75 Å². The Balaban J connectivity index is 1.70. The number of hydrogen-bond donors (Lipinski definition) is 1. The summed E-state index contributed by atoms with van der Waals surface area (Å²) in [6.07, 6.45) is -4.16. The van der Waals surface area contributed by atoms with Gasteiger partial charge in [0.15, 0.2) is 0 Å². The Morgan fingerprint density at radius 1 is 1.28 bits per heavy atom. The van der Waals surface area contributed by atoms with Crippen molar-refractivity contribution in [2.24, 2.45) is 5.92 Å². The van der Waals surface area contributed by atoms with E-state index in [9.17, 15) is 27.6 Å². The van der Waals surface area contributed by atoms with Gasteiger partial charge in [-0.05, 0) is 6.07 Å². The Bertz CT molecular complexity index is 720. The molecule has 2 aliphatic heterocycles. The monoisotopic (exact) mass is 356 g/mol. The Labute approximate surface area is 140 Å². The van der Waals surface area contributed by atoms with Crippen LogP contribution in [0.25, 0.3) is 0 Å². The van der Waals surface area contributed by atoms with Gasteiger partial charge in [0, 0.05) is 18.5 Å². The third-order valence-corrected chi connectivity index (χ3v) is 4.18. The predicted octanol–water partition coefficient (Wildman–Crippen LogP) is 1.22. The van der Waals surface area contributed by atoms with Gasteiger partial charge in [0.1, 0.15) is 18.2 Å². The van der Waals surface area contributed by atoms with E-state index in [2.05, 4.69) is 5.32 Å². The number of para-hydroxylation sites is 1. The first-order valence-electron chi connectivity index (χ1n) is 7.68. The summed E-state index contributed by atoms with van der Waals surface area (Å²) in [6.45, 7) is -1.74. The number of fused-ring (bicyclic) bond motifs is 1.